The van der Waals surface area contributed by atoms with Gasteiger partial charge in [0, 0.05) is 19.1 Å². The number of nitrogens with zero attached hydrogens (tertiary/aromatic N) is 2. The van der Waals surface area contributed by atoms with Crippen molar-refractivity contribution in [3.63, 3.8) is 0 Å². The van der Waals surface area contributed by atoms with E-state index in [-0.39, 0.29) is 5.56 Å². The van der Waals surface area contributed by atoms with Gasteiger partial charge in [-0.15, -0.1) is 11.3 Å². The monoisotopic (exact) mass is 297 g/mol. The maximum Gasteiger partial charge on any atom is 0.263 e. The molecular weight excluding hydrogens is 278 g/mol. The van der Waals surface area contributed by atoms with Crippen molar-refractivity contribution in [2.24, 2.45) is 0 Å². The van der Waals surface area contributed by atoms with Crippen LogP contribution in [0.3, 0.4) is 0 Å². The van der Waals surface area contributed by atoms with Crippen LogP contribution in [0.1, 0.15) is 20.3 Å². The van der Waals surface area contributed by atoms with Crippen molar-refractivity contribution in [3.05, 3.63) is 26.6 Å². The number of rotatable bonds is 5. The quantitative estimate of drug-likeness (QED) is 0.863. The van der Waals surface area contributed by atoms with Crippen LogP contribution >= 0.6 is 23.6 Å². The van der Waals surface area contributed by atoms with Crippen molar-refractivity contribution in [1.29, 1.82) is 0 Å². The summed E-state index contributed by atoms with van der Waals surface area (Å²) in [6, 6.07) is 2.36. The van der Waals surface area contributed by atoms with Crippen molar-refractivity contribution < 1.29 is 0 Å². The second-order valence-corrected chi connectivity index (χ2v) is 6.09. The Balaban J connectivity index is 2.26. The number of aromatic amines is 1. The largest absolute Gasteiger partial charge is 0.323 e. The standard InChI is InChI=1S/C13H19N3OS2/c1-4-9(2)15(3)6-7-16-12(17)10-5-8-19-11(10)14-13(16)18/h5,8-9H,4,6-7H2,1-3H3,(H,14,18). The topological polar surface area (TPSA) is 41.0 Å². The molecule has 0 aliphatic carbocycles. The van der Waals surface area contributed by atoms with E-state index in [9.17, 15) is 4.79 Å². The first-order valence-corrected chi connectivity index (χ1v) is 7.74. The molecule has 0 saturated heterocycles. The van der Waals surface area contributed by atoms with Crippen LogP contribution in [0.4, 0.5) is 0 Å². The first kappa shape index (κ1) is 14.4. The Morgan fingerprint density at radius 3 is 3.00 bits per heavy atom. The summed E-state index contributed by atoms with van der Waals surface area (Å²) >= 11 is 6.79. The van der Waals surface area contributed by atoms with E-state index in [1.54, 1.807) is 4.57 Å². The van der Waals surface area contributed by atoms with E-state index in [1.807, 2.05) is 11.4 Å². The van der Waals surface area contributed by atoms with Gasteiger partial charge >= 0.3 is 0 Å². The molecule has 1 unspecified atom stereocenters. The highest BCUT2D eigenvalue weighted by Gasteiger charge is 2.10. The van der Waals surface area contributed by atoms with Crippen molar-refractivity contribution in [3.8, 4) is 0 Å². The van der Waals surface area contributed by atoms with Gasteiger partial charge in [0.25, 0.3) is 5.56 Å². The summed E-state index contributed by atoms with van der Waals surface area (Å²) in [6.07, 6.45) is 1.10. The highest BCUT2D eigenvalue weighted by Crippen LogP contribution is 2.14. The lowest BCUT2D eigenvalue weighted by Crippen LogP contribution is -2.34. The molecule has 2 rings (SSSR count). The minimum Gasteiger partial charge on any atom is -0.323 e. The zero-order valence-corrected chi connectivity index (χ0v) is 13.1. The van der Waals surface area contributed by atoms with Crippen molar-refractivity contribution in [2.45, 2.75) is 32.9 Å². The molecule has 19 heavy (non-hydrogen) atoms. The van der Waals surface area contributed by atoms with Crippen LogP contribution in [0.25, 0.3) is 10.2 Å². The van der Waals surface area contributed by atoms with Gasteiger partial charge in [-0.2, -0.15) is 0 Å². The number of nitrogens with one attached hydrogen (secondary N) is 1. The lowest BCUT2D eigenvalue weighted by molar-refractivity contribution is 0.241. The minimum absolute atomic E-state index is 0.0116. The van der Waals surface area contributed by atoms with Gasteiger partial charge in [-0.1, -0.05) is 6.92 Å². The maximum atomic E-state index is 12.3. The van der Waals surface area contributed by atoms with Crippen molar-refractivity contribution in [2.75, 3.05) is 13.6 Å². The smallest absolute Gasteiger partial charge is 0.263 e. The second kappa shape index (κ2) is 5.98. The zero-order valence-electron chi connectivity index (χ0n) is 11.5. The van der Waals surface area contributed by atoms with Gasteiger partial charge in [0.05, 0.1) is 5.39 Å². The first-order valence-electron chi connectivity index (χ1n) is 6.45. The normalized spacial score (nSPS) is 13.3. The predicted molar refractivity (Wildman–Crippen MR) is 83.7 cm³/mol. The lowest BCUT2D eigenvalue weighted by Gasteiger charge is -2.23. The zero-order chi connectivity index (χ0) is 14.0. The lowest BCUT2D eigenvalue weighted by atomic mass is 10.2. The summed E-state index contributed by atoms with van der Waals surface area (Å²) in [7, 11) is 2.08. The molecule has 1 atom stereocenters. The Hall–Kier alpha value is -0.980. The molecule has 0 spiro atoms. The van der Waals surface area contributed by atoms with E-state index in [1.165, 1.54) is 11.3 Å². The van der Waals surface area contributed by atoms with Gasteiger partial charge in [-0.3, -0.25) is 9.36 Å². The van der Waals surface area contributed by atoms with Gasteiger partial charge in [0.15, 0.2) is 4.77 Å². The Morgan fingerprint density at radius 1 is 1.58 bits per heavy atom. The third-order valence-electron chi connectivity index (χ3n) is 3.63. The molecule has 2 aromatic rings. The van der Waals surface area contributed by atoms with E-state index < -0.39 is 0 Å². The van der Waals surface area contributed by atoms with E-state index in [0.717, 1.165) is 23.2 Å². The SMILES string of the molecule is CCC(C)N(C)CCn1c(=S)[nH]c2sccc2c1=O. The van der Waals surface area contributed by atoms with Crippen molar-refractivity contribution >= 4 is 33.8 Å². The Kier molecular flexibility index (Phi) is 4.54. The second-order valence-electron chi connectivity index (χ2n) is 4.79. The van der Waals surface area contributed by atoms with Crippen molar-refractivity contribution in [1.82, 2.24) is 14.5 Å². The van der Waals surface area contributed by atoms with Gasteiger partial charge in [0.2, 0.25) is 0 Å². The third-order valence-corrected chi connectivity index (χ3v) is 4.78. The molecule has 104 valence electrons. The summed E-state index contributed by atoms with van der Waals surface area (Å²) in [6.45, 7) is 5.80. The molecule has 0 aromatic carbocycles. The molecular formula is C13H19N3OS2. The summed E-state index contributed by atoms with van der Waals surface area (Å²) in [5.41, 5.74) is 0.0116. The molecule has 6 heteroatoms. The fourth-order valence-electron chi connectivity index (χ4n) is 1.97. The number of fused-ring (bicyclic) bond motifs is 1. The number of aromatic nitrogens is 2. The van der Waals surface area contributed by atoms with Crippen LogP contribution < -0.4 is 5.56 Å². The Morgan fingerprint density at radius 2 is 2.32 bits per heavy atom. The summed E-state index contributed by atoms with van der Waals surface area (Å²) < 4.78 is 2.17. The van der Waals surface area contributed by atoms with E-state index in [0.29, 0.717) is 17.4 Å². The number of hydrogen-bond acceptors (Lipinski definition) is 4. The molecule has 2 heterocycles. The fraction of sp³-hybridized carbons (Fsp3) is 0.538. The molecule has 4 nitrogen and oxygen atoms in total. The third kappa shape index (κ3) is 2.96. The molecule has 0 radical (unpaired) electrons. The molecule has 0 amide bonds. The molecule has 0 fully saturated rings. The number of hydrogen-bond donors (Lipinski definition) is 1. The molecule has 0 aliphatic rings. The fourth-order valence-corrected chi connectivity index (χ4v) is 3.09. The van der Waals surface area contributed by atoms with Crippen LogP contribution in [0.15, 0.2) is 16.2 Å². The molecule has 2 aromatic heterocycles. The van der Waals surface area contributed by atoms with Crippen LogP contribution in [-0.4, -0.2) is 34.1 Å². The highest BCUT2D eigenvalue weighted by molar-refractivity contribution is 7.71. The molecule has 0 bridgehead atoms. The van der Waals surface area contributed by atoms with E-state index in [2.05, 4.69) is 30.8 Å². The van der Waals surface area contributed by atoms with Crippen LogP contribution in [0.5, 0.6) is 0 Å². The van der Waals surface area contributed by atoms with Gasteiger partial charge in [-0.25, -0.2) is 0 Å². The maximum absolute atomic E-state index is 12.3. The van der Waals surface area contributed by atoms with Crippen LogP contribution in [0.2, 0.25) is 0 Å². The Labute approximate surface area is 121 Å². The Bertz CT molecular complexity index is 670. The van der Waals surface area contributed by atoms with Gasteiger partial charge < -0.3 is 9.88 Å². The summed E-state index contributed by atoms with van der Waals surface area (Å²) in [4.78, 5) is 18.6. The highest BCUT2D eigenvalue weighted by atomic mass is 32.1. The van der Waals surface area contributed by atoms with Crippen LogP contribution in [0, 0.1) is 4.77 Å². The predicted octanol–water partition coefficient (Wildman–Crippen LogP) is 2.85. The van der Waals surface area contributed by atoms with Gasteiger partial charge in [0.1, 0.15) is 4.83 Å². The number of likely N-dealkylation sites (N-methyl/N-ethyl adjacent to an activating group) is 1. The van der Waals surface area contributed by atoms with E-state index in [4.69, 9.17) is 12.2 Å². The van der Waals surface area contributed by atoms with Gasteiger partial charge in [-0.05, 0) is 44.1 Å². The molecule has 0 aliphatic heterocycles. The first-order chi connectivity index (χ1) is 9.04. The number of H-pyrrole nitrogens is 1. The average molecular weight is 297 g/mol. The minimum atomic E-state index is 0.0116. The summed E-state index contributed by atoms with van der Waals surface area (Å²) in [5, 5.41) is 2.64. The van der Waals surface area contributed by atoms with Crippen LogP contribution in [-0.2, 0) is 6.54 Å². The number of thiophene rings is 1. The average Bonchev–Trinajstić information content (AvgIpc) is 2.85. The molecule has 1 N–H and O–H groups in total. The summed E-state index contributed by atoms with van der Waals surface area (Å²) in [5.74, 6) is 0. The molecule has 0 saturated carbocycles. The van der Waals surface area contributed by atoms with E-state index >= 15 is 0 Å².